The molecular formula is C25H27N3O2. The Hall–Kier alpha value is -3.39. The zero-order valence-electron chi connectivity index (χ0n) is 17.2. The first kappa shape index (κ1) is 21.3. The zero-order valence-corrected chi connectivity index (χ0v) is 17.2. The fourth-order valence-electron chi connectivity index (χ4n) is 3.84. The summed E-state index contributed by atoms with van der Waals surface area (Å²) in [5.74, 6) is -0.0747. The van der Waals surface area contributed by atoms with Crippen LogP contribution in [-0.2, 0) is 22.6 Å². The average Bonchev–Trinajstić information content (AvgIpc) is 2.79. The molecule has 1 aliphatic heterocycles. The van der Waals surface area contributed by atoms with Crippen LogP contribution in [0.5, 0.6) is 0 Å². The summed E-state index contributed by atoms with van der Waals surface area (Å²) >= 11 is 0. The van der Waals surface area contributed by atoms with Gasteiger partial charge in [-0.05, 0) is 36.1 Å². The van der Waals surface area contributed by atoms with Crippen LogP contribution < -0.4 is 0 Å². The SMILES string of the molecule is C=CCN(Cc1ccc(C#N)cc1)C(=O)C1CCCN(C(=O)Cc2ccccc2)C1. The first-order chi connectivity index (χ1) is 14.6. The molecule has 0 saturated carbocycles. The van der Waals surface area contributed by atoms with Gasteiger partial charge in [-0.3, -0.25) is 9.59 Å². The number of likely N-dealkylation sites (tertiary alicyclic amines) is 1. The largest absolute Gasteiger partial charge is 0.342 e. The van der Waals surface area contributed by atoms with Gasteiger partial charge in [-0.1, -0.05) is 48.5 Å². The van der Waals surface area contributed by atoms with Crippen molar-refractivity contribution in [2.45, 2.75) is 25.8 Å². The standard InChI is InChI=1S/C25H27N3O2/c1-2-14-28(18-22-12-10-21(17-26)11-13-22)25(30)23-9-6-15-27(19-23)24(29)16-20-7-4-3-5-8-20/h2-5,7-8,10-13,23H,1,6,9,14-16,18-19H2. The normalized spacial score (nSPS) is 15.8. The molecule has 1 heterocycles. The molecule has 1 saturated heterocycles. The summed E-state index contributed by atoms with van der Waals surface area (Å²) in [4.78, 5) is 29.6. The van der Waals surface area contributed by atoms with E-state index in [9.17, 15) is 9.59 Å². The molecule has 5 nitrogen and oxygen atoms in total. The van der Waals surface area contributed by atoms with E-state index >= 15 is 0 Å². The van der Waals surface area contributed by atoms with Crippen molar-refractivity contribution in [1.82, 2.24) is 9.80 Å². The smallest absolute Gasteiger partial charge is 0.228 e. The summed E-state index contributed by atoms with van der Waals surface area (Å²) in [6.07, 6.45) is 3.71. The van der Waals surface area contributed by atoms with E-state index in [1.807, 2.05) is 47.4 Å². The van der Waals surface area contributed by atoms with Gasteiger partial charge in [-0.25, -0.2) is 0 Å². The predicted octanol–water partition coefficient (Wildman–Crippen LogP) is 3.55. The van der Waals surface area contributed by atoms with Gasteiger partial charge in [0.05, 0.1) is 24.0 Å². The van der Waals surface area contributed by atoms with E-state index in [1.54, 1.807) is 23.1 Å². The van der Waals surface area contributed by atoms with Gasteiger partial charge in [-0.15, -0.1) is 6.58 Å². The predicted molar refractivity (Wildman–Crippen MR) is 116 cm³/mol. The van der Waals surface area contributed by atoms with Crippen LogP contribution in [0.15, 0.2) is 67.3 Å². The summed E-state index contributed by atoms with van der Waals surface area (Å²) in [6.45, 7) is 5.87. The Morgan fingerprint density at radius 2 is 1.87 bits per heavy atom. The lowest BCUT2D eigenvalue weighted by atomic mass is 9.95. The number of hydrogen-bond acceptors (Lipinski definition) is 3. The van der Waals surface area contributed by atoms with E-state index in [0.29, 0.717) is 38.2 Å². The molecule has 2 amide bonds. The summed E-state index contributed by atoms with van der Waals surface area (Å²) in [5, 5.41) is 8.96. The number of amides is 2. The molecule has 0 radical (unpaired) electrons. The van der Waals surface area contributed by atoms with Crippen molar-refractivity contribution in [2.24, 2.45) is 5.92 Å². The number of rotatable bonds is 7. The Kier molecular flexibility index (Phi) is 7.40. The van der Waals surface area contributed by atoms with Crippen LogP contribution in [0.3, 0.4) is 0 Å². The van der Waals surface area contributed by atoms with Crippen molar-refractivity contribution in [1.29, 1.82) is 5.26 Å². The van der Waals surface area contributed by atoms with Crippen molar-refractivity contribution >= 4 is 11.8 Å². The fourth-order valence-corrected chi connectivity index (χ4v) is 3.84. The highest BCUT2D eigenvalue weighted by Gasteiger charge is 2.31. The molecular weight excluding hydrogens is 374 g/mol. The molecule has 0 aromatic heterocycles. The number of benzene rings is 2. The van der Waals surface area contributed by atoms with Crippen LogP contribution in [0.25, 0.3) is 0 Å². The molecule has 0 bridgehead atoms. The Labute approximate surface area is 178 Å². The van der Waals surface area contributed by atoms with Crippen molar-refractivity contribution in [3.63, 3.8) is 0 Å². The maximum absolute atomic E-state index is 13.2. The molecule has 0 aliphatic carbocycles. The maximum Gasteiger partial charge on any atom is 0.228 e. The molecule has 1 fully saturated rings. The van der Waals surface area contributed by atoms with E-state index in [1.165, 1.54) is 0 Å². The number of hydrogen-bond donors (Lipinski definition) is 0. The molecule has 154 valence electrons. The van der Waals surface area contributed by atoms with Crippen LogP contribution in [0.1, 0.15) is 29.5 Å². The Morgan fingerprint density at radius 3 is 2.53 bits per heavy atom. The molecule has 30 heavy (non-hydrogen) atoms. The number of nitrogens with zero attached hydrogens (tertiary/aromatic N) is 3. The number of carbonyl (C=O) groups excluding carboxylic acids is 2. The first-order valence-corrected chi connectivity index (χ1v) is 10.3. The van der Waals surface area contributed by atoms with E-state index in [2.05, 4.69) is 12.6 Å². The molecule has 1 aliphatic rings. The maximum atomic E-state index is 13.2. The average molecular weight is 402 g/mol. The minimum atomic E-state index is -0.197. The summed E-state index contributed by atoms with van der Waals surface area (Å²) in [7, 11) is 0. The van der Waals surface area contributed by atoms with Gasteiger partial charge in [0.15, 0.2) is 0 Å². The molecule has 0 spiro atoms. The van der Waals surface area contributed by atoms with Gasteiger partial charge < -0.3 is 9.80 Å². The summed E-state index contributed by atoms with van der Waals surface area (Å²) < 4.78 is 0. The number of nitriles is 1. The van der Waals surface area contributed by atoms with Crippen molar-refractivity contribution < 1.29 is 9.59 Å². The Bertz CT molecular complexity index is 916. The lowest BCUT2D eigenvalue weighted by Gasteiger charge is -2.35. The van der Waals surface area contributed by atoms with Crippen molar-refractivity contribution in [3.8, 4) is 6.07 Å². The Morgan fingerprint density at radius 1 is 1.13 bits per heavy atom. The third kappa shape index (κ3) is 5.57. The third-order valence-electron chi connectivity index (χ3n) is 5.44. The topological polar surface area (TPSA) is 64.4 Å². The van der Waals surface area contributed by atoms with Crippen LogP contribution in [-0.4, -0.2) is 41.2 Å². The second-order valence-corrected chi connectivity index (χ2v) is 7.66. The zero-order chi connectivity index (χ0) is 21.3. The number of piperidine rings is 1. The van der Waals surface area contributed by atoms with E-state index in [-0.39, 0.29) is 17.7 Å². The second kappa shape index (κ2) is 10.4. The Balaban J connectivity index is 1.64. The highest BCUT2D eigenvalue weighted by molar-refractivity contribution is 5.82. The molecule has 5 heteroatoms. The second-order valence-electron chi connectivity index (χ2n) is 7.66. The highest BCUT2D eigenvalue weighted by Crippen LogP contribution is 2.21. The minimum absolute atomic E-state index is 0.0523. The van der Waals surface area contributed by atoms with Crippen molar-refractivity contribution in [3.05, 3.63) is 83.9 Å². The van der Waals surface area contributed by atoms with Crippen LogP contribution in [0, 0.1) is 17.2 Å². The van der Waals surface area contributed by atoms with E-state index in [0.717, 1.165) is 24.0 Å². The quantitative estimate of drug-likeness (QED) is 0.667. The summed E-state index contributed by atoms with van der Waals surface area (Å²) in [5.41, 5.74) is 2.56. The van der Waals surface area contributed by atoms with Crippen LogP contribution in [0.4, 0.5) is 0 Å². The molecule has 3 rings (SSSR count). The van der Waals surface area contributed by atoms with Gasteiger partial charge in [0.25, 0.3) is 0 Å². The fraction of sp³-hybridized carbons (Fsp3) is 0.320. The van der Waals surface area contributed by atoms with Crippen LogP contribution >= 0.6 is 0 Å². The van der Waals surface area contributed by atoms with Gasteiger partial charge in [0, 0.05) is 26.2 Å². The molecule has 1 atom stereocenters. The minimum Gasteiger partial charge on any atom is -0.342 e. The monoisotopic (exact) mass is 401 g/mol. The summed E-state index contributed by atoms with van der Waals surface area (Å²) in [6, 6.07) is 19.1. The van der Waals surface area contributed by atoms with E-state index in [4.69, 9.17) is 5.26 Å². The lowest BCUT2D eigenvalue weighted by molar-refractivity contribution is -0.140. The van der Waals surface area contributed by atoms with Gasteiger partial charge >= 0.3 is 0 Å². The van der Waals surface area contributed by atoms with E-state index < -0.39 is 0 Å². The highest BCUT2D eigenvalue weighted by atomic mass is 16.2. The molecule has 2 aromatic carbocycles. The van der Waals surface area contributed by atoms with Gasteiger partial charge in [0.1, 0.15) is 0 Å². The van der Waals surface area contributed by atoms with Crippen LogP contribution in [0.2, 0.25) is 0 Å². The molecule has 2 aromatic rings. The van der Waals surface area contributed by atoms with Gasteiger partial charge in [-0.2, -0.15) is 5.26 Å². The lowest BCUT2D eigenvalue weighted by Crippen LogP contribution is -2.47. The van der Waals surface area contributed by atoms with Crippen molar-refractivity contribution in [2.75, 3.05) is 19.6 Å². The number of carbonyl (C=O) groups is 2. The molecule has 0 N–H and O–H groups in total. The first-order valence-electron chi connectivity index (χ1n) is 10.3. The van der Waals surface area contributed by atoms with Gasteiger partial charge in [0.2, 0.25) is 11.8 Å². The third-order valence-corrected chi connectivity index (χ3v) is 5.44. The molecule has 1 unspecified atom stereocenters.